The molecule has 0 saturated carbocycles. The van der Waals surface area contributed by atoms with E-state index in [0.29, 0.717) is 6.54 Å². The lowest BCUT2D eigenvalue weighted by Gasteiger charge is -2.22. The topological polar surface area (TPSA) is 63.2 Å². The molecule has 1 aromatic rings. The largest absolute Gasteiger partial charge is 0.444 e. The van der Waals surface area contributed by atoms with Crippen LogP contribution in [0.25, 0.3) is 0 Å². The van der Waals surface area contributed by atoms with E-state index in [1.165, 1.54) is 0 Å². The molecule has 1 unspecified atom stereocenters. The van der Waals surface area contributed by atoms with Gasteiger partial charge in [-0.2, -0.15) is 0 Å². The number of alkyl carbamates (subject to hydrolysis) is 1. The number of carbonyl (C=O) groups is 1. The van der Waals surface area contributed by atoms with Gasteiger partial charge in [-0.1, -0.05) is 6.07 Å². The molecule has 0 aliphatic rings. The number of aromatic nitrogens is 1. The first-order chi connectivity index (χ1) is 9.28. The smallest absolute Gasteiger partial charge is 0.407 e. The van der Waals surface area contributed by atoms with Crippen molar-refractivity contribution < 1.29 is 9.53 Å². The van der Waals surface area contributed by atoms with Crippen molar-refractivity contribution in [3.63, 3.8) is 0 Å². The zero-order valence-corrected chi connectivity index (χ0v) is 12.9. The van der Waals surface area contributed by atoms with Gasteiger partial charge in [0, 0.05) is 24.8 Å². The lowest BCUT2D eigenvalue weighted by Crippen LogP contribution is -2.42. The van der Waals surface area contributed by atoms with Crippen molar-refractivity contribution in [2.24, 2.45) is 0 Å². The summed E-state index contributed by atoms with van der Waals surface area (Å²) in [5.41, 5.74) is 0.513. The number of rotatable bonds is 5. The molecule has 0 spiro atoms. The predicted octanol–water partition coefficient (Wildman–Crippen LogP) is 2.65. The van der Waals surface area contributed by atoms with Gasteiger partial charge in [0.05, 0.1) is 5.69 Å². The van der Waals surface area contributed by atoms with Gasteiger partial charge in [-0.05, 0) is 46.8 Å². The quantitative estimate of drug-likeness (QED) is 0.869. The Morgan fingerprint density at radius 3 is 2.60 bits per heavy atom. The van der Waals surface area contributed by atoms with Gasteiger partial charge in [-0.15, -0.1) is 0 Å². The Balaban J connectivity index is 2.33. The summed E-state index contributed by atoms with van der Waals surface area (Å²) in [4.78, 5) is 15.8. The highest BCUT2D eigenvalue weighted by molar-refractivity contribution is 5.67. The summed E-state index contributed by atoms with van der Waals surface area (Å²) in [5, 5.41) is 6.13. The minimum absolute atomic E-state index is 0.125. The lowest BCUT2D eigenvalue weighted by molar-refractivity contribution is 0.0522. The zero-order valence-electron chi connectivity index (χ0n) is 12.9. The van der Waals surface area contributed by atoms with Crippen LogP contribution in [0.4, 0.5) is 4.79 Å². The molecule has 1 aromatic heterocycles. The normalized spacial score (nSPS) is 14.4. The standard InChI is InChI=1S/C15H25N3O2/c1-11(10-17-14(19)20-15(3,4)5)18-12(2)13-8-6-7-9-16-13/h6-9,11-12,18H,10H2,1-5H3,(H,17,19)/t11?,12-/m0/s1. The number of ether oxygens (including phenoxy) is 1. The maximum atomic E-state index is 11.5. The van der Waals surface area contributed by atoms with Gasteiger partial charge in [0.1, 0.15) is 5.60 Å². The maximum absolute atomic E-state index is 11.5. The first-order valence-corrected chi connectivity index (χ1v) is 6.92. The second kappa shape index (κ2) is 7.24. The van der Waals surface area contributed by atoms with Crippen molar-refractivity contribution in [1.29, 1.82) is 0 Å². The molecule has 1 rings (SSSR count). The molecule has 1 heterocycles. The molecule has 0 radical (unpaired) electrons. The number of nitrogens with one attached hydrogen (secondary N) is 2. The molecule has 20 heavy (non-hydrogen) atoms. The van der Waals surface area contributed by atoms with Crippen LogP contribution in [0.1, 0.15) is 46.4 Å². The first-order valence-electron chi connectivity index (χ1n) is 6.92. The van der Waals surface area contributed by atoms with Gasteiger partial charge in [0.2, 0.25) is 0 Å². The van der Waals surface area contributed by atoms with Gasteiger partial charge >= 0.3 is 6.09 Å². The molecule has 0 aromatic carbocycles. The van der Waals surface area contributed by atoms with Crippen molar-refractivity contribution in [3.8, 4) is 0 Å². The Hall–Kier alpha value is -1.62. The maximum Gasteiger partial charge on any atom is 0.407 e. The molecular formula is C15H25N3O2. The second-order valence-electron chi connectivity index (χ2n) is 5.93. The fourth-order valence-corrected chi connectivity index (χ4v) is 1.75. The molecule has 0 fully saturated rings. The number of carbonyl (C=O) groups excluding carboxylic acids is 1. The average Bonchev–Trinajstić information content (AvgIpc) is 2.35. The third-order valence-electron chi connectivity index (χ3n) is 2.62. The summed E-state index contributed by atoms with van der Waals surface area (Å²) in [6, 6.07) is 6.09. The Morgan fingerprint density at radius 2 is 2.05 bits per heavy atom. The van der Waals surface area contributed by atoms with Crippen LogP contribution in [0.5, 0.6) is 0 Å². The van der Waals surface area contributed by atoms with Crippen LogP contribution in [-0.2, 0) is 4.74 Å². The third-order valence-corrected chi connectivity index (χ3v) is 2.62. The molecule has 0 saturated heterocycles. The molecule has 5 heteroatoms. The molecule has 112 valence electrons. The monoisotopic (exact) mass is 279 g/mol. The predicted molar refractivity (Wildman–Crippen MR) is 79.5 cm³/mol. The average molecular weight is 279 g/mol. The van der Waals surface area contributed by atoms with Crippen LogP contribution < -0.4 is 10.6 Å². The van der Waals surface area contributed by atoms with E-state index in [9.17, 15) is 4.79 Å². The molecule has 1 amide bonds. The van der Waals surface area contributed by atoms with Crippen molar-refractivity contribution in [1.82, 2.24) is 15.6 Å². The fraction of sp³-hybridized carbons (Fsp3) is 0.600. The van der Waals surface area contributed by atoms with Crippen LogP contribution in [0, 0.1) is 0 Å². The van der Waals surface area contributed by atoms with E-state index in [2.05, 4.69) is 15.6 Å². The second-order valence-corrected chi connectivity index (χ2v) is 5.93. The molecule has 2 atom stereocenters. The van der Waals surface area contributed by atoms with E-state index in [0.717, 1.165) is 5.69 Å². The van der Waals surface area contributed by atoms with Gasteiger partial charge < -0.3 is 15.4 Å². The van der Waals surface area contributed by atoms with Gasteiger partial charge in [0.25, 0.3) is 0 Å². The van der Waals surface area contributed by atoms with E-state index in [1.54, 1.807) is 6.20 Å². The number of nitrogens with zero attached hydrogens (tertiary/aromatic N) is 1. The van der Waals surface area contributed by atoms with Crippen molar-refractivity contribution in [2.45, 2.75) is 52.3 Å². The van der Waals surface area contributed by atoms with Crippen molar-refractivity contribution in [3.05, 3.63) is 30.1 Å². The summed E-state index contributed by atoms with van der Waals surface area (Å²) in [7, 11) is 0. The highest BCUT2D eigenvalue weighted by Gasteiger charge is 2.17. The third kappa shape index (κ3) is 6.52. The summed E-state index contributed by atoms with van der Waals surface area (Å²) in [6.45, 7) is 10.1. The van der Waals surface area contributed by atoms with E-state index in [4.69, 9.17) is 4.74 Å². The number of hydrogen-bond acceptors (Lipinski definition) is 4. The fourth-order valence-electron chi connectivity index (χ4n) is 1.75. The van der Waals surface area contributed by atoms with Crippen LogP contribution in [0.2, 0.25) is 0 Å². The SMILES string of the molecule is CC(CNC(=O)OC(C)(C)C)N[C@@H](C)c1ccccn1. The first kappa shape index (κ1) is 16.4. The summed E-state index contributed by atoms with van der Waals surface area (Å²) in [6.07, 6.45) is 1.38. The van der Waals surface area contributed by atoms with Crippen LogP contribution in [0.15, 0.2) is 24.4 Å². The Morgan fingerprint density at radius 1 is 1.35 bits per heavy atom. The molecular weight excluding hydrogens is 254 g/mol. The van der Waals surface area contributed by atoms with Crippen LogP contribution in [-0.4, -0.2) is 29.3 Å². The molecule has 0 aliphatic heterocycles. The van der Waals surface area contributed by atoms with Gasteiger partial charge in [-0.3, -0.25) is 4.98 Å². The van der Waals surface area contributed by atoms with Crippen molar-refractivity contribution >= 4 is 6.09 Å². The summed E-state index contributed by atoms with van der Waals surface area (Å²) in [5.74, 6) is 0. The van der Waals surface area contributed by atoms with Crippen LogP contribution >= 0.6 is 0 Å². The van der Waals surface area contributed by atoms with E-state index in [1.807, 2.05) is 52.8 Å². The Labute approximate surface area is 121 Å². The highest BCUT2D eigenvalue weighted by Crippen LogP contribution is 2.09. The van der Waals surface area contributed by atoms with Crippen LogP contribution in [0.3, 0.4) is 0 Å². The minimum atomic E-state index is -0.470. The number of amides is 1. The number of pyridine rings is 1. The van der Waals surface area contributed by atoms with E-state index >= 15 is 0 Å². The van der Waals surface area contributed by atoms with Gasteiger partial charge in [0.15, 0.2) is 0 Å². The summed E-state index contributed by atoms with van der Waals surface area (Å²) >= 11 is 0. The highest BCUT2D eigenvalue weighted by atomic mass is 16.6. The minimum Gasteiger partial charge on any atom is -0.444 e. The Bertz CT molecular complexity index is 415. The lowest BCUT2D eigenvalue weighted by atomic mass is 10.2. The summed E-state index contributed by atoms with van der Waals surface area (Å²) < 4.78 is 5.19. The molecule has 5 nitrogen and oxygen atoms in total. The zero-order chi connectivity index (χ0) is 15.2. The molecule has 0 bridgehead atoms. The van der Waals surface area contributed by atoms with E-state index < -0.39 is 11.7 Å². The molecule has 0 aliphatic carbocycles. The van der Waals surface area contributed by atoms with Gasteiger partial charge in [-0.25, -0.2) is 4.79 Å². The molecule has 2 N–H and O–H groups in total. The van der Waals surface area contributed by atoms with E-state index in [-0.39, 0.29) is 12.1 Å². The Kier molecular flexibility index (Phi) is 5.95. The van der Waals surface area contributed by atoms with Crippen molar-refractivity contribution in [2.75, 3.05) is 6.54 Å². The number of hydrogen-bond donors (Lipinski definition) is 2.